The van der Waals surface area contributed by atoms with Gasteiger partial charge in [-0.3, -0.25) is 4.90 Å². The van der Waals surface area contributed by atoms with E-state index in [1.807, 2.05) is 6.07 Å². The molecule has 0 amide bonds. The van der Waals surface area contributed by atoms with Crippen LogP contribution in [0, 0.1) is 0 Å². The molecule has 2 heterocycles. The molecule has 1 N–H and O–H groups in total. The largest absolute Gasteiger partial charge is 0.383 e. The molecule has 21 heavy (non-hydrogen) atoms. The van der Waals surface area contributed by atoms with E-state index in [1.54, 1.807) is 7.11 Å². The number of methoxy groups -OCH3 is 1. The zero-order valence-corrected chi connectivity index (χ0v) is 13.0. The molecule has 0 unspecified atom stereocenters. The quantitative estimate of drug-likeness (QED) is 0.818. The first kappa shape index (κ1) is 15.6. The van der Waals surface area contributed by atoms with E-state index in [0.29, 0.717) is 25.5 Å². The molecular weight excluding hydrogens is 272 g/mol. The first-order chi connectivity index (χ1) is 9.99. The first-order valence-corrected chi connectivity index (χ1v) is 6.88. The fraction of sp³-hybridized carbons (Fsp3) is 0.692. The highest BCUT2D eigenvalue weighted by atomic mass is 16.5. The summed E-state index contributed by atoms with van der Waals surface area (Å²) >= 11 is 0. The second-order valence-corrected chi connectivity index (χ2v) is 5.96. The van der Waals surface area contributed by atoms with Crippen LogP contribution >= 0.6 is 0 Å². The summed E-state index contributed by atoms with van der Waals surface area (Å²) in [4.78, 5) is 2.14. The Kier molecular flexibility index (Phi) is 5.03. The molecule has 0 bridgehead atoms. The van der Waals surface area contributed by atoms with Gasteiger partial charge in [-0.1, -0.05) is 31.1 Å². The van der Waals surface area contributed by atoms with Gasteiger partial charge in [-0.05, 0) is 0 Å². The third-order valence-corrected chi connectivity index (χ3v) is 3.05. The summed E-state index contributed by atoms with van der Waals surface area (Å²) in [7, 11) is 1.68. The average Bonchev–Trinajstić information content (AvgIpc) is 3.06. The van der Waals surface area contributed by atoms with Crippen molar-refractivity contribution in [2.24, 2.45) is 0 Å². The lowest BCUT2D eigenvalue weighted by Gasteiger charge is -2.18. The maximum absolute atomic E-state index is 5.41. The van der Waals surface area contributed by atoms with E-state index in [2.05, 4.69) is 51.5 Å². The van der Waals surface area contributed by atoms with Gasteiger partial charge in [0.25, 0.3) is 0 Å². The van der Waals surface area contributed by atoms with Gasteiger partial charge >= 0.3 is 0 Å². The summed E-state index contributed by atoms with van der Waals surface area (Å²) in [5, 5.41) is 18.1. The fourth-order valence-corrected chi connectivity index (χ4v) is 1.85. The van der Waals surface area contributed by atoms with Crippen molar-refractivity contribution in [3.05, 3.63) is 23.3 Å². The number of aromatic nitrogens is 5. The van der Waals surface area contributed by atoms with Gasteiger partial charge in [0.1, 0.15) is 5.76 Å². The Balaban J connectivity index is 2.02. The molecule has 0 fully saturated rings. The monoisotopic (exact) mass is 294 g/mol. The molecule has 8 nitrogen and oxygen atoms in total. The van der Waals surface area contributed by atoms with Gasteiger partial charge in [-0.2, -0.15) is 5.21 Å². The van der Waals surface area contributed by atoms with Gasteiger partial charge in [-0.25, -0.2) is 0 Å². The third kappa shape index (κ3) is 4.61. The van der Waals surface area contributed by atoms with Crippen molar-refractivity contribution < 1.29 is 9.26 Å². The molecule has 0 spiro atoms. The molecule has 0 aliphatic carbocycles. The minimum atomic E-state index is -0.0454. The smallest absolute Gasteiger partial charge is 0.188 e. The van der Waals surface area contributed by atoms with Gasteiger partial charge in [-0.15, -0.1) is 10.2 Å². The fourth-order valence-electron chi connectivity index (χ4n) is 1.85. The van der Waals surface area contributed by atoms with Crippen LogP contribution in [0.1, 0.15) is 38.0 Å². The number of rotatable bonds is 7. The summed E-state index contributed by atoms with van der Waals surface area (Å²) in [6.45, 7) is 8.90. The number of H-pyrrole nitrogens is 1. The molecular formula is C13H22N6O2. The number of tetrazole rings is 1. The molecule has 0 radical (unpaired) electrons. The number of aromatic amines is 1. The van der Waals surface area contributed by atoms with Crippen molar-refractivity contribution in [3.63, 3.8) is 0 Å². The predicted octanol–water partition coefficient (Wildman–Crippen LogP) is 1.13. The molecule has 2 aromatic heterocycles. The Hall–Kier alpha value is -1.80. The Bertz CT molecular complexity index is 531. The molecule has 2 rings (SSSR count). The number of nitrogens with zero attached hydrogens (tertiary/aromatic N) is 5. The topological polar surface area (TPSA) is 93.0 Å². The minimum Gasteiger partial charge on any atom is -0.383 e. The molecule has 0 aliphatic rings. The van der Waals surface area contributed by atoms with Gasteiger partial charge in [0.15, 0.2) is 5.82 Å². The highest BCUT2D eigenvalue weighted by Gasteiger charge is 2.20. The lowest BCUT2D eigenvalue weighted by molar-refractivity contribution is 0.136. The van der Waals surface area contributed by atoms with Gasteiger partial charge in [0.05, 0.1) is 18.8 Å². The van der Waals surface area contributed by atoms with Crippen LogP contribution in [0.2, 0.25) is 0 Å². The third-order valence-electron chi connectivity index (χ3n) is 3.05. The van der Waals surface area contributed by atoms with Crippen molar-refractivity contribution in [1.29, 1.82) is 0 Å². The summed E-state index contributed by atoms with van der Waals surface area (Å²) in [5.74, 6) is 1.52. The van der Waals surface area contributed by atoms with E-state index >= 15 is 0 Å². The molecule has 0 saturated carbocycles. The molecule has 0 atom stereocenters. The van der Waals surface area contributed by atoms with E-state index in [-0.39, 0.29) is 5.41 Å². The number of ether oxygens (including phenoxy) is 1. The van der Waals surface area contributed by atoms with Crippen LogP contribution in [0.25, 0.3) is 0 Å². The Morgan fingerprint density at radius 3 is 2.71 bits per heavy atom. The SMILES string of the molecule is COCCN(Cc1cc(C(C)(C)C)on1)Cc1nn[nH]n1. The maximum atomic E-state index is 5.41. The molecule has 0 aromatic carbocycles. The standard InChI is InChI=1S/C13H22N6O2/c1-13(2,3)11-7-10(16-21-11)8-19(5-6-20-4)9-12-14-17-18-15-12/h7H,5-6,8-9H2,1-4H3,(H,14,15,17,18). The van der Waals surface area contributed by atoms with Gasteiger partial charge in [0.2, 0.25) is 0 Å². The number of hydrogen-bond donors (Lipinski definition) is 1. The van der Waals surface area contributed by atoms with Crippen LogP contribution in [0.5, 0.6) is 0 Å². The molecule has 2 aromatic rings. The predicted molar refractivity (Wildman–Crippen MR) is 75.4 cm³/mol. The van der Waals surface area contributed by atoms with E-state index in [9.17, 15) is 0 Å². The van der Waals surface area contributed by atoms with Crippen LogP contribution in [0.4, 0.5) is 0 Å². The van der Waals surface area contributed by atoms with Crippen molar-refractivity contribution >= 4 is 0 Å². The van der Waals surface area contributed by atoms with Crippen molar-refractivity contribution in [2.45, 2.75) is 39.3 Å². The molecule has 0 saturated heterocycles. The van der Waals surface area contributed by atoms with Crippen LogP contribution in [0.15, 0.2) is 10.6 Å². The van der Waals surface area contributed by atoms with Crippen molar-refractivity contribution in [1.82, 2.24) is 30.7 Å². The van der Waals surface area contributed by atoms with E-state index in [0.717, 1.165) is 18.0 Å². The van der Waals surface area contributed by atoms with Crippen LogP contribution in [-0.4, -0.2) is 50.9 Å². The second kappa shape index (κ2) is 6.77. The number of nitrogens with one attached hydrogen (secondary N) is 1. The summed E-state index contributed by atoms with van der Waals surface area (Å²) in [6.07, 6.45) is 0. The Labute approximate surface area is 123 Å². The lowest BCUT2D eigenvalue weighted by atomic mass is 9.93. The van der Waals surface area contributed by atoms with Crippen molar-refractivity contribution in [3.8, 4) is 0 Å². The number of hydrogen-bond acceptors (Lipinski definition) is 7. The van der Waals surface area contributed by atoms with E-state index in [1.165, 1.54) is 0 Å². The molecule has 0 aliphatic heterocycles. The summed E-state index contributed by atoms with van der Waals surface area (Å²) in [5.41, 5.74) is 0.843. The zero-order valence-electron chi connectivity index (χ0n) is 13.0. The highest BCUT2D eigenvalue weighted by Crippen LogP contribution is 2.23. The van der Waals surface area contributed by atoms with E-state index < -0.39 is 0 Å². The second-order valence-electron chi connectivity index (χ2n) is 5.96. The Morgan fingerprint density at radius 2 is 2.14 bits per heavy atom. The van der Waals surface area contributed by atoms with Crippen LogP contribution in [-0.2, 0) is 23.2 Å². The van der Waals surface area contributed by atoms with Gasteiger partial charge in [0, 0.05) is 31.7 Å². The highest BCUT2D eigenvalue weighted by molar-refractivity contribution is 5.13. The maximum Gasteiger partial charge on any atom is 0.188 e. The first-order valence-electron chi connectivity index (χ1n) is 6.88. The summed E-state index contributed by atoms with van der Waals surface area (Å²) < 4.78 is 10.6. The summed E-state index contributed by atoms with van der Waals surface area (Å²) in [6, 6.07) is 2.00. The van der Waals surface area contributed by atoms with Crippen molar-refractivity contribution in [2.75, 3.05) is 20.3 Å². The zero-order chi connectivity index (χ0) is 15.3. The average molecular weight is 294 g/mol. The molecule has 116 valence electrons. The Morgan fingerprint density at radius 1 is 1.33 bits per heavy atom. The molecule has 8 heteroatoms. The van der Waals surface area contributed by atoms with E-state index in [4.69, 9.17) is 9.26 Å². The minimum absolute atomic E-state index is 0.0454. The van der Waals surface area contributed by atoms with Crippen LogP contribution in [0.3, 0.4) is 0 Å². The lowest BCUT2D eigenvalue weighted by Crippen LogP contribution is -2.27. The normalized spacial score (nSPS) is 12.2. The van der Waals surface area contributed by atoms with Gasteiger partial charge < -0.3 is 9.26 Å². The van der Waals surface area contributed by atoms with Crippen LogP contribution < -0.4 is 0 Å².